The number of hydrogen-bond acceptors (Lipinski definition) is 5. The number of alkyl halides is 13. The van der Waals surface area contributed by atoms with E-state index in [4.69, 9.17) is 0 Å². The van der Waals surface area contributed by atoms with Crippen molar-refractivity contribution in [2.24, 2.45) is 0 Å². The van der Waals surface area contributed by atoms with E-state index in [9.17, 15) is 75.4 Å². The van der Waals surface area contributed by atoms with Crippen molar-refractivity contribution in [1.29, 1.82) is 0 Å². The first-order chi connectivity index (χ1) is 14.8. The van der Waals surface area contributed by atoms with Crippen LogP contribution in [0.5, 0.6) is 0 Å². The zero-order valence-electron chi connectivity index (χ0n) is 16.6. The van der Waals surface area contributed by atoms with Crippen LogP contribution in [0.25, 0.3) is 0 Å². The number of aliphatic carboxylic acids is 1. The maximum absolute atomic E-state index is 13.6. The van der Waals surface area contributed by atoms with E-state index < -0.39 is 77.0 Å². The van der Waals surface area contributed by atoms with Gasteiger partial charge in [0.2, 0.25) is 10.0 Å². The molecule has 0 atom stereocenters. The van der Waals surface area contributed by atoms with Gasteiger partial charge in [-0.15, -0.1) is 0 Å². The first-order valence-electron chi connectivity index (χ1n) is 8.58. The van der Waals surface area contributed by atoms with E-state index in [1.54, 1.807) is 0 Å². The molecule has 204 valence electrons. The Morgan fingerprint density at radius 1 is 0.824 bits per heavy atom. The van der Waals surface area contributed by atoms with E-state index in [0.29, 0.717) is 0 Å². The number of nitrogens with one attached hydrogen (secondary N) is 1. The second kappa shape index (κ2) is 10.2. The maximum atomic E-state index is 13.6. The van der Waals surface area contributed by atoms with Gasteiger partial charge in [0.15, 0.2) is 0 Å². The highest BCUT2D eigenvalue weighted by Crippen LogP contribution is 2.60. The van der Waals surface area contributed by atoms with Crippen LogP contribution in [0.15, 0.2) is 0 Å². The monoisotopic (exact) mass is 555 g/mol. The molecule has 0 unspecified atom stereocenters. The fourth-order valence-corrected chi connectivity index (χ4v) is 3.29. The van der Waals surface area contributed by atoms with Gasteiger partial charge in [-0.05, 0) is 20.0 Å². The Morgan fingerprint density at radius 2 is 1.26 bits per heavy atom. The lowest BCUT2D eigenvalue weighted by atomic mass is 9.93. The SMILES string of the molecule is CN(CCCNS(=O)(=O)CCC(F)(F)C(F)(F)C(F)(F)C(F)(F)C(F)(F)C(F)(F)F)CC(=O)[O-]. The standard InChI is InChI=1S/C14H17F13N2O4S/c1-29(7-8(30)31)5-2-4-28-34(32,33)6-3-9(15,16)10(17,18)11(19,20)12(21,22)13(23,24)14(25,26)27/h28H,2-7H2,1H3,(H,30,31)/p-1. The number of nitrogens with zero attached hydrogens (tertiary/aromatic N) is 1. The molecular formula is C14H16F13N2O4S-. The Hall–Kier alpha value is -1.57. The summed E-state index contributed by atoms with van der Waals surface area (Å²) in [6, 6.07) is 0. The number of carbonyl (C=O) groups is 1. The minimum absolute atomic E-state index is 0.126. The molecule has 0 amide bonds. The molecule has 0 aromatic rings. The van der Waals surface area contributed by atoms with E-state index in [1.165, 1.54) is 11.8 Å². The number of carboxylic acids is 1. The molecule has 0 aliphatic carbocycles. The van der Waals surface area contributed by atoms with E-state index >= 15 is 0 Å². The number of rotatable bonds is 14. The molecule has 0 aromatic heterocycles. The highest BCUT2D eigenvalue weighted by molar-refractivity contribution is 7.89. The smallest absolute Gasteiger partial charge is 0.460 e. The van der Waals surface area contributed by atoms with Crippen molar-refractivity contribution in [3.63, 3.8) is 0 Å². The minimum Gasteiger partial charge on any atom is -0.549 e. The normalized spacial score (nSPS) is 15.1. The maximum Gasteiger partial charge on any atom is 0.460 e. The summed E-state index contributed by atoms with van der Waals surface area (Å²) in [6.07, 6.45) is -10.6. The number of hydrogen-bond donors (Lipinski definition) is 1. The molecule has 0 spiro atoms. The lowest BCUT2D eigenvalue weighted by Gasteiger charge is -2.39. The molecule has 0 aliphatic rings. The van der Waals surface area contributed by atoms with Crippen LogP contribution in [0.3, 0.4) is 0 Å². The number of halogens is 13. The van der Waals surface area contributed by atoms with Gasteiger partial charge in [0.25, 0.3) is 0 Å². The Bertz CT molecular complexity index is 815. The second-order valence-corrected chi connectivity index (χ2v) is 8.85. The molecule has 0 bridgehead atoms. The van der Waals surface area contributed by atoms with Gasteiger partial charge >= 0.3 is 35.8 Å². The van der Waals surface area contributed by atoms with Crippen LogP contribution in [0.1, 0.15) is 12.8 Å². The molecule has 0 fully saturated rings. The third-order valence-corrected chi connectivity index (χ3v) is 5.51. The lowest BCUT2D eigenvalue weighted by molar-refractivity contribution is -0.439. The summed E-state index contributed by atoms with van der Waals surface area (Å²) in [5.74, 6) is -41.6. The van der Waals surface area contributed by atoms with Crippen molar-refractivity contribution in [1.82, 2.24) is 9.62 Å². The second-order valence-electron chi connectivity index (χ2n) is 6.93. The molecule has 0 aliphatic heterocycles. The molecular weight excluding hydrogens is 539 g/mol. The molecule has 0 saturated heterocycles. The molecule has 0 rings (SSSR count). The van der Waals surface area contributed by atoms with Gasteiger partial charge in [0.05, 0.1) is 11.7 Å². The Labute approximate surface area is 183 Å². The number of sulfonamides is 1. The Morgan fingerprint density at radius 3 is 1.68 bits per heavy atom. The van der Waals surface area contributed by atoms with Gasteiger partial charge in [-0.2, -0.15) is 57.1 Å². The van der Waals surface area contributed by atoms with E-state index in [1.807, 2.05) is 0 Å². The zero-order valence-corrected chi connectivity index (χ0v) is 17.5. The van der Waals surface area contributed by atoms with Crippen LogP contribution in [0, 0.1) is 0 Å². The molecule has 0 aromatic carbocycles. The summed E-state index contributed by atoms with van der Waals surface area (Å²) in [5.41, 5.74) is 0. The van der Waals surface area contributed by atoms with Gasteiger partial charge in [-0.25, -0.2) is 13.1 Å². The summed E-state index contributed by atoms with van der Waals surface area (Å²) in [6.45, 7) is -1.35. The number of carbonyl (C=O) groups excluding carboxylic acids is 1. The Balaban J connectivity index is 5.43. The van der Waals surface area contributed by atoms with Crippen molar-refractivity contribution >= 4 is 16.0 Å². The topological polar surface area (TPSA) is 89.5 Å². The summed E-state index contributed by atoms with van der Waals surface area (Å²) >= 11 is 0. The summed E-state index contributed by atoms with van der Waals surface area (Å²) < 4.78 is 193. The van der Waals surface area contributed by atoms with Gasteiger partial charge in [0.1, 0.15) is 0 Å². The molecule has 34 heavy (non-hydrogen) atoms. The first-order valence-corrected chi connectivity index (χ1v) is 10.2. The van der Waals surface area contributed by atoms with Gasteiger partial charge < -0.3 is 14.8 Å². The number of carboxylic acid groups (broad SMARTS) is 1. The fraction of sp³-hybridized carbons (Fsp3) is 0.929. The zero-order chi connectivity index (χ0) is 27.6. The van der Waals surface area contributed by atoms with Crippen LogP contribution >= 0.6 is 0 Å². The molecule has 1 N–H and O–H groups in total. The fourth-order valence-electron chi connectivity index (χ4n) is 2.17. The average molecular weight is 555 g/mol. The first kappa shape index (κ1) is 32.4. The van der Waals surface area contributed by atoms with Crippen LogP contribution in [0.2, 0.25) is 0 Å². The molecule has 0 saturated carbocycles. The van der Waals surface area contributed by atoms with Crippen LogP contribution in [0.4, 0.5) is 57.1 Å². The third-order valence-electron chi connectivity index (χ3n) is 4.12. The number of likely N-dealkylation sites (N-methyl/N-ethyl adjacent to an activating group) is 1. The lowest BCUT2D eigenvalue weighted by Crippen LogP contribution is -2.70. The molecule has 0 radical (unpaired) electrons. The van der Waals surface area contributed by atoms with Crippen LogP contribution in [-0.2, 0) is 14.8 Å². The summed E-state index contributed by atoms with van der Waals surface area (Å²) in [4.78, 5) is 11.4. The van der Waals surface area contributed by atoms with Crippen molar-refractivity contribution in [3.05, 3.63) is 0 Å². The molecule has 0 heterocycles. The van der Waals surface area contributed by atoms with Crippen LogP contribution < -0.4 is 9.83 Å². The highest BCUT2D eigenvalue weighted by Gasteiger charge is 2.90. The highest BCUT2D eigenvalue weighted by atomic mass is 32.2. The van der Waals surface area contributed by atoms with Crippen molar-refractivity contribution in [2.75, 3.05) is 32.4 Å². The average Bonchev–Trinajstić information content (AvgIpc) is 2.61. The summed E-state index contributed by atoms with van der Waals surface area (Å²) in [5, 5.41) is 10.3. The summed E-state index contributed by atoms with van der Waals surface area (Å²) in [7, 11) is -3.76. The van der Waals surface area contributed by atoms with Gasteiger partial charge in [-0.3, -0.25) is 0 Å². The predicted molar refractivity (Wildman–Crippen MR) is 84.3 cm³/mol. The molecule has 6 nitrogen and oxygen atoms in total. The van der Waals surface area contributed by atoms with Crippen molar-refractivity contribution in [3.8, 4) is 0 Å². The van der Waals surface area contributed by atoms with E-state index in [0.717, 1.165) is 4.90 Å². The minimum atomic E-state index is -8.06. The van der Waals surface area contributed by atoms with Gasteiger partial charge in [-0.1, -0.05) is 0 Å². The van der Waals surface area contributed by atoms with Gasteiger partial charge in [0, 0.05) is 19.5 Å². The largest absolute Gasteiger partial charge is 0.549 e. The predicted octanol–water partition coefficient (Wildman–Crippen LogP) is 2.11. The quantitative estimate of drug-likeness (QED) is 0.262. The molecule has 20 heteroatoms. The Kier molecular flexibility index (Phi) is 9.72. The third kappa shape index (κ3) is 6.76. The van der Waals surface area contributed by atoms with Crippen molar-refractivity contribution in [2.45, 2.75) is 48.6 Å². The van der Waals surface area contributed by atoms with E-state index in [2.05, 4.69) is 0 Å². The van der Waals surface area contributed by atoms with Crippen molar-refractivity contribution < 1.29 is 75.4 Å². The van der Waals surface area contributed by atoms with E-state index in [-0.39, 0.29) is 13.0 Å². The van der Waals surface area contributed by atoms with Crippen LogP contribution in [-0.4, -0.2) is 87.5 Å².